The summed E-state index contributed by atoms with van der Waals surface area (Å²) in [7, 11) is 0. The number of carbonyl (C=O) groups is 1. The van der Waals surface area contributed by atoms with Crippen LogP contribution in [-0.4, -0.2) is 37.2 Å². The lowest BCUT2D eigenvalue weighted by molar-refractivity contribution is 0.0698. The van der Waals surface area contributed by atoms with Gasteiger partial charge in [0.1, 0.15) is 17.2 Å². The van der Waals surface area contributed by atoms with Crippen molar-refractivity contribution in [1.29, 1.82) is 0 Å². The van der Waals surface area contributed by atoms with Gasteiger partial charge in [-0.25, -0.2) is 18.7 Å². The van der Waals surface area contributed by atoms with E-state index >= 15 is 0 Å². The van der Waals surface area contributed by atoms with E-state index in [0.29, 0.717) is 29.9 Å². The number of halogens is 1. The number of aromatic nitrogens is 4. The Bertz CT molecular complexity index is 1070. The van der Waals surface area contributed by atoms with Gasteiger partial charge in [-0.05, 0) is 31.4 Å². The van der Waals surface area contributed by atoms with E-state index in [0.717, 1.165) is 12.6 Å². The molecule has 0 aromatic carbocycles. The third-order valence-electron chi connectivity index (χ3n) is 4.80. The number of carboxylic acids is 1. The molecule has 26 heavy (non-hydrogen) atoms. The predicted molar refractivity (Wildman–Crippen MR) is 91.0 cm³/mol. The first-order chi connectivity index (χ1) is 12.5. The summed E-state index contributed by atoms with van der Waals surface area (Å²) in [6.45, 7) is 2.23. The lowest BCUT2D eigenvalue weighted by atomic mass is 10.0. The number of fused-ring (bicyclic) bond motifs is 1. The molecule has 0 aliphatic carbocycles. The molecule has 1 atom stereocenters. The molecule has 0 bridgehead atoms. The summed E-state index contributed by atoms with van der Waals surface area (Å²) in [5, 5.41) is 13.2. The zero-order valence-corrected chi connectivity index (χ0v) is 13.9. The second-order valence-corrected chi connectivity index (χ2v) is 6.27. The van der Waals surface area contributed by atoms with Crippen molar-refractivity contribution in [3.8, 4) is 0 Å². The topological polar surface area (TPSA) is 104 Å². The van der Waals surface area contributed by atoms with Crippen LogP contribution in [0.25, 0.3) is 5.65 Å². The first-order valence-corrected chi connectivity index (χ1v) is 8.19. The number of rotatable bonds is 3. The number of carboxylic acid groups (broad SMARTS) is 1. The average molecular weight is 357 g/mol. The Balaban J connectivity index is 1.82. The lowest BCUT2D eigenvalue weighted by Gasteiger charge is -2.26. The molecule has 1 fully saturated rings. The number of hydrogen-bond donors (Lipinski definition) is 2. The molecule has 1 aliphatic heterocycles. The zero-order chi connectivity index (χ0) is 18.4. The number of hydrogen-bond acceptors (Lipinski definition) is 5. The number of nitrogens with zero attached hydrogens (tertiary/aromatic N) is 4. The first-order valence-electron chi connectivity index (χ1n) is 8.19. The molecule has 0 spiro atoms. The molecular weight excluding hydrogens is 341 g/mol. The summed E-state index contributed by atoms with van der Waals surface area (Å²) < 4.78 is 15.4. The molecule has 0 unspecified atom stereocenters. The van der Waals surface area contributed by atoms with E-state index in [4.69, 9.17) is 0 Å². The van der Waals surface area contributed by atoms with Gasteiger partial charge in [0.25, 0.3) is 5.56 Å². The van der Waals surface area contributed by atoms with Crippen molar-refractivity contribution in [2.45, 2.75) is 25.8 Å². The van der Waals surface area contributed by atoms with E-state index in [1.54, 1.807) is 19.2 Å². The van der Waals surface area contributed by atoms with Crippen LogP contribution in [0.15, 0.2) is 29.5 Å². The third-order valence-corrected chi connectivity index (χ3v) is 4.80. The second kappa shape index (κ2) is 5.94. The molecule has 9 heteroatoms. The predicted octanol–water partition coefficient (Wildman–Crippen LogP) is 1.90. The molecule has 3 aromatic heterocycles. The summed E-state index contributed by atoms with van der Waals surface area (Å²) in [4.78, 5) is 32.4. The fraction of sp³-hybridized carbons (Fsp3) is 0.294. The van der Waals surface area contributed by atoms with Crippen molar-refractivity contribution in [1.82, 2.24) is 19.6 Å². The van der Waals surface area contributed by atoms with Crippen LogP contribution in [0.3, 0.4) is 0 Å². The van der Waals surface area contributed by atoms with E-state index in [1.807, 2.05) is 4.90 Å². The standard InChI is InChI=1S/C17H16FN5O3/c1-9-11(18)8-19-16(24)14(9)12-3-2-5-22(12)13-4-6-23-15(21-13)10(7-20-23)17(25)26/h4,6-8,12H,2-3,5H2,1H3,(H,19,24)(H,25,26)/t12-/m1/s1. The van der Waals surface area contributed by atoms with Crippen LogP contribution < -0.4 is 10.5 Å². The van der Waals surface area contributed by atoms with E-state index in [-0.39, 0.29) is 22.8 Å². The van der Waals surface area contributed by atoms with Crippen LogP contribution >= 0.6 is 0 Å². The number of aromatic carboxylic acids is 1. The highest BCUT2D eigenvalue weighted by atomic mass is 19.1. The molecule has 2 N–H and O–H groups in total. The van der Waals surface area contributed by atoms with E-state index in [1.165, 1.54) is 10.7 Å². The van der Waals surface area contributed by atoms with Crippen LogP contribution in [0.1, 0.15) is 40.4 Å². The number of anilines is 1. The lowest BCUT2D eigenvalue weighted by Crippen LogP contribution is -2.30. The van der Waals surface area contributed by atoms with Gasteiger partial charge in [-0.2, -0.15) is 5.10 Å². The second-order valence-electron chi connectivity index (χ2n) is 6.27. The van der Waals surface area contributed by atoms with Gasteiger partial charge in [-0.1, -0.05) is 0 Å². The van der Waals surface area contributed by atoms with Gasteiger partial charge in [0.15, 0.2) is 5.65 Å². The molecule has 4 heterocycles. The molecule has 0 amide bonds. The Hall–Kier alpha value is -3.23. The maximum absolute atomic E-state index is 14.0. The Morgan fingerprint density at radius 2 is 2.27 bits per heavy atom. The van der Waals surface area contributed by atoms with Crippen molar-refractivity contribution in [3.05, 3.63) is 57.5 Å². The van der Waals surface area contributed by atoms with Gasteiger partial charge in [0, 0.05) is 24.5 Å². The molecule has 0 saturated carbocycles. The van der Waals surface area contributed by atoms with Gasteiger partial charge in [0.2, 0.25) is 0 Å². The largest absolute Gasteiger partial charge is 0.477 e. The smallest absolute Gasteiger partial charge is 0.341 e. The van der Waals surface area contributed by atoms with Crippen molar-refractivity contribution < 1.29 is 14.3 Å². The molecule has 4 rings (SSSR count). The minimum absolute atomic E-state index is 0.00220. The summed E-state index contributed by atoms with van der Waals surface area (Å²) in [5.41, 5.74) is 0.615. The van der Waals surface area contributed by atoms with Crippen molar-refractivity contribution >= 4 is 17.4 Å². The molecule has 8 nitrogen and oxygen atoms in total. The average Bonchev–Trinajstić information content (AvgIpc) is 3.24. The summed E-state index contributed by atoms with van der Waals surface area (Å²) in [6.07, 6.45) is 5.44. The zero-order valence-electron chi connectivity index (χ0n) is 13.9. The quantitative estimate of drug-likeness (QED) is 0.742. The van der Waals surface area contributed by atoms with Crippen molar-refractivity contribution in [2.75, 3.05) is 11.4 Å². The first kappa shape index (κ1) is 16.2. The maximum Gasteiger partial charge on any atom is 0.341 e. The van der Waals surface area contributed by atoms with Gasteiger partial charge >= 0.3 is 5.97 Å². The molecule has 134 valence electrons. The normalized spacial score (nSPS) is 17.2. The maximum atomic E-state index is 14.0. The Morgan fingerprint density at radius 3 is 3.04 bits per heavy atom. The number of nitrogens with one attached hydrogen (secondary N) is 1. The highest BCUT2D eigenvalue weighted by Crippen LogP contribution is 2.35. The molecule has 1 aliphatic rings. The minimum atomic E-state index is -1.11. The molecule has 0 radical (unpaired) electrons. The van der Waals surface area contributed by atoms with Crippen LogP contribution in [0.5, 0.6) is 0 Å². The Morgan fingerprint density at radius 1 is 1.46 bits per heavy atom. The van der Waals surface area contributed by atoms with E-state index in [9.17, 15) is 19.1 Å². The van der Waals surface area contributed by atoms with Gasteiger partial charge in [-0.3, -0.25) is 4.79 Å². The van der Waals surface area contributed by atoms with Gasteiger partial charge in [-0.15, -0.1) is 0 Å². The van der Waals surface area contributed by atoms with Crippen LogP contribution in [0, 0.1) is 12.7 Å². The number of H-pyrrole nitrogens is 1. The van der Waals surface area contributed by atoms with E-state index < -0.39 is 11.8 Å². The SMILES string of the molecule is Cc1c(F)c[nH]c(=O)c1[C@H]1CCCN1c1ccn2ncc(C(=O)O)c2n1. The van der Waals surface area contributed by atoms with E-state index in [2.05, 4.69) is 15.1 Å². The van der Waals surface area contributed by atoms with Crippen LogP contribution in [0.4, 0.5) is 10.2 Å². The van der Waals surface area contributed by atoms with Gasteiger partial charge < -0.3 is 15.0 Å². The monoisotopic (exact) mass is 357 g/mol. The Labute approximate surface area is 146 Å². The van der Waals surface area contributed by atoms with Crippen molar-refractivity contribution in [3.63, 3.8) is 0 Å². The Kier molecular flexibility index (Phi) is 3.71. The fourth-order valence-electron chi connectivity index (χ4n) is 3.53. The number of pyridine rings is 1. The summed E-state index contributed by atoms with van der Waals surface area (Å²) in [6, 6.07) is 1.40. The molecule has 1 saturated heterocycles. The number of aromatic amines is 1. The fourth-order valence-corrected chi connectivity index (χ4v) is 3.53. The highest BCUT2D eigenvalue weighted by Gasteiger charge is 2.31. The molecular formula is C17H16FN5O3. The highest BCUT2D eigenvalue weighted by molar-refractivity contribution is 5.94. The van der Waals surface area contributed by atoms with Gasteiger partial charge in [0.05, 0.1) is 12.2 Å². The van der Waals surface area contributed by atoms with Crippen molar-refractivity contribution in [2.24, 2.45) is 0 Å². The molecule has 3 aromatic rings. The van der Waals surface area contributed by atoms with Crippen LogP contribution in [0.2, 0.25) is 0 Å². The van der Waals surface area contributed by atoms with Crippen LogP contribution in [-0.2, 0) is 0 Å². The minimum Gasteiger partial charge on any atom is -0.477 e. The summed E-state index contributed by atoms with van der Waals surface area (Å²) >= 11 is 0. The summed E-state index contributed by atoms with van der Waals surface area (Å²) in [5.74, 6) is -1.04. The third kappa shape index (κ3) is 2.43.